The summed E-state index contributed by atoms with van der Waals surface area (Å²) in [6.07, 6.45) is 9.61. The number of fused-ring (bicyclic) bond motifs is 1. The summed E-state index contributed by atoms with van der Waals surface area (Å²) in [6.45, 7) is 6.61. The Labute approximate surface area is 209 Å². The van der Waals surface area contributed by atoms with Gasteiger partial charge in [-0.3, -0.25) is 4.68 Å². The van der Waals surface area contributed by atoms with E-state index in [1.54, 1.807) is 12.4 Å². The molecule has 1 N–H and O–H groups in total. The molecule has 1 aromatic carbocycles. The average molecular weight is 496 g/mol. The standard InChI is InChI=1S/C27H31F2N5O2/c1-16(2)33-7-5-20(6-8-33)34-15-19(14-32-34)17-9-21-18(13-31-27(21)30-12-17)10-22-25(28)23(35-3)11-24(36-4)26(22)29/h9,11-16,20H,5-8,10H2,1-4H3,(H,30,31). The highest BCUT2D eigenvalue weighted by molar-refractivity contribution is 5.84. The fourth-order valence-electron chi connectivity index (χ4n) is 5.00. The number of likely N-dealkylation sites (tertiary alicyclic amines) is 1. The molecule has 0 spiro atoms. The Morgan fingerprint density at radius 1 is 1.03 bits per heavy atom. The molecule has 0 radical (unpaired) electrons. The van der Waals surface area contributed by atoms with Gasteiger partial charge in [0.2, 0.25) is 0 Å². The van der Waals surface area contributed by atoms with Crippen LogP contribution in [-0.2, 0) is 6.42 Å². The van der Waals surface area contributed by atoms with E-state index >= 15 is 0 Å². The molecule has 4 heterocycles. The number of aromatic nitrogens is 4. The second kappa shape index (κ2) is 9.89. The first-order valence-corrected chi connectivity index (χ1v) is 12.2. The number of halogens is 2. The molecule has 190 valence electrons. The molecular formula is C27H31F2N5O2. The molecule has 4 aromatic rings. The van der Waals surface area contributed by atoms with Crippen molar-refractivity contribution in [3.63, 3.8) is 0 Å². The van der Waals surface area contributed by atoms with Crippen LogP contribution in [-0.4, -0.2) is 58.0 Å². The van der Waals surface area contributed by atoms with Crippen LogP contribution in [0.5, 0.6) is 11.5 Å². The number of hydrogen-bond acceptors (Lipinski definition) is 5. The van der Waals surface area contributed by atoms with Crippen LogP contribution in [0.15, 0.2) is 36.9 Å². The van der Waals surface area contributed by atoms with E-state index in [0.29, 0.717) is 17.7 Å². The topological polar surface area (TPSA) is 68.2 Å². The summed E-state index contributed by atoms with van der Waals surface area (Å²) in [5.41, 5.74) is 3.12. The lowest BCUT2D eigenvalue weighted by Crippen LogP contribution is -2.39. The van der Waals surface area contributed by atoms with E-state index in [2.05, 4.69) is 44.7 Å². The number of rotatable bonds is 7. The summed E-state index contributed by atoms with van der Waals surface area (Å²) in [5.74, 6) is -1.60. The molecule has 1 saturated heterocycles. The minimum Gasteiger partial charge on any atom is -0.494 e. The second-order valence-electron chi connectivity index (χ2n) is 9.57. The van der Waals surface area contributed by atoms with Gasteiger partial charge in [0.15, 0.2) is 23.1 Å². The molecule has 1 fully saturated rings. The molecule has 0 saturated carbocycles. The third-order valence-corrected chi connectivity index (χ3v) is 7.19. The van der Waals surface area contributed by atoms with Gasteiger partial charge in [0.25, 0.3) is 0 Å². The van der Waals surface area contributed by atoms with Gasteiger partial charge >= 0.3 is 0 Å². The van der Waals surface area contributed by atoms with Crippen molar-refractivity contribution in [2.45, 2.75) is 45.2 Å². The first kappa shape index (κ1) is 24.2. The number of pyridine rings is 1. The predicted molar refractivity (Wildman–Crippen MR) is 135 cm³/mol. The monoisotopic (exact) mass is 495 g/mol. The highest BCUT2D eigenvalue weighted by atomic mass is 19.1. The van der Waals surface area contributed by atoms with Gasteiger partial charge in [0.1, 0.15) is 5.65 Å². The molecule has 9 heteroatoms. The molecular weight excluding hydrogens is 464 g/mol. The third-order valence-electron chi connectivity index (χ3n) is 7.19. The quantitative estimate of drug-likeness (QED) is 0.374. The summed E-state index contributed by atoms with van der Waals surface area (Å²) < 4.78 is 42.2. The van der Waals surface area contributed by atoms with Gasteiger partial charge in [-0.25, -0.2) is 13.8 Å². The molecule has 3 aromatic heterocycles. The number of benzene rings is 1. The van der Waals surface area contributed by atoms with Gasteiger partial charge in [0, 0.05) is 72.3 Å². The maximum absolute atomic E-state index is 15.0. The van der Waals surface area contributed by atoms with E-state index in [1.807, 2.05) is 12.3 Å². The molecule has 7 nitrogen and oxygen atoms in total. The van der Waals surface area contributed by atoms with Gasteiger partial charge in [-0.1, -0.05) is 0 Å². The molecule has 1 aliphatic heterocycles. The van der Waals surface area contributed by atoms with Crippen LogP contribution in [0.25, 0.3) is 22.2 Å². The van der Waals surface area contributed by atoms with Crippen LogP contribution < -0.4 is 9.47 Å². The number of ether oxygens (including phenoxy) is 2. The summed E-state index contributed by atoms with van der Waals surface area (Å²) in [4.78, 5) is 10.2. The number of aromatic amines is 1. The molecule has 0 aliphatic carbocycles. The molecule has 0 unspecified atom stereocenters. The fourth-order valence-corrected chi connectivity index (χ4v) is 5.00. The van der Waals surface area contributed by atoms with E-state index in [0.717, 1.165) is 48.0 Å². The minimum atomic E-state index is -0.737. The number of piperidine rings is 1. The Bertz CT molecular complexity index is 1340. The van der Waals surface area contributed by atoms with Gasteiger partial charge < -0.3 is 19.4 Å². The van der Waals surface area contributed by atoms with Crippen LogP contribution >= 0.6 is 0 Å². The average Bonchev–Trinajstić information content (AvgIpc) is 3.54. The summed E-state index contributed by atoms with van der Waals surface area (Å²) in [6, 6.07) is 4.15. The van der Waals surface area contributed by atoms with Crippen molar-refractivity contribution in [1.29, 1.82) is 0 Å². The largest absolute Gasteiger partial charge is 0.494 e. The first-order chi connectivity index (χ1) is 17.4. The van der Waals surface area contributed by atoms with Crippen molar-refractivity contribution < 1.29 is 18.3 Å². The maximum Gasteiger partial charge on any atom is 0.171 e. The van der Waals surface area contributed by atoms with E-state index in [1.165, 1.54) is 20.3 Å². The Morgan fingerprint density at radius 3 is 2.36 bits per heavy atom. The molecule has 0 bridgehead atoms. The van der Waals surface area contributed by atoms with Crippen LogP contribution in [0.3, 0.4) is 0 Å². The smallest absolute Gasteiger partial charge is 0.171 e. The summed E-state index contributed by atoms with van der Waals surface area (Å²) in [7, 11) is 2.69. The van der Waals surface area contributed by atoms with Crippen molar-refractivity contribution in [2.24, 2.45) is 0 Å². The lowest BCUT2D eigenvalue weighted by atomic mass is 10.0. The van der Waals surface area contributed by atoms with Gasteiger partial charge in [-0.05, 0) is 38.3 Å². The summed E-state index contributed by atoms with van der Waals surface area (Å²) in [5, 5.41) is 5.44. The SMILES string of the molecule is COc1cc(OC)c(F)c(Cc2c[nH]c3ncc(-c4cnn(C5CCN(C(C)C)CC5)c4)cc23)c1F. The zero-order valence-corrected chi connectivity index (χ0v) is 21.0. The van der Waals surface area contributed by atoms with Gasteiger partial charge in [-0.2, -0.15) is 5.10 Å². The Morgan fingerprint density at radius 2 is 1.72 bits per heavy atom. The van der Waals surface area contributed by atoms with Crippen LogP contribution in [0, 0.1) is 11.6 Å². The Balaban J connectivity index is 1.43. The first-order valence-electron chi connectivity index (χ1n) is 12.2. The number of nitrogens with one attached hydrogen (secondary N) is 1. The molecule has 36 heavy (non-hydrogen) atoms. The molecule has 0 amide bonds. The van der Waals surface area contributed by atoms with Gasteiger partial charge in [0.05, 0.1) is 26.5 Å². The van der Waals surface area contributed by atoms with E-state index < -0.39 is 11.6 Å². The van der Waals surface area contributed by atoms with Crippen molar-refractivity contribution in [1.82, 2.24) is 24.6 Å². The van der Waals surface area contributed by atoms with Crippen molar-refractivity contribution >= 4 is 11.0 Å². The van der Waals surface area contributed by atoms with Crippen molar-refractivity contribution in [3.8, 4) is 22.6 Å². The molecule has 1 aliphatic rings. The number of H-pyrrole nitrogens is 1. The fraction of sp³-hybridized carbons (Fsp3) is 0.407. The normalized spacial score (nSPS) is 15.2. The van der Waals surface area contributed by atoms with Crippen LogP contribution in [0.2, 0.25) is 0 Å². The van der Waals surface area contributed by atoms with Crippen LogP contribution in [0.1, 0.15) is 43.9 Å². The Kier molecular flexibility index (Phi) is 6.66. The number of methoxy groups -OCH3 is 2. The lowest BCUT2D eigenvalue weighted by molar-refractivity contribution is 0.147. The number of nitrogens with zero attached hydrogens (tertiary/aromatic N) is 4. The maximum atomic E-state index is 15.0. The van der Waals surface area contributed by atoms with E-state index in [4.69, 9.17) is 9.47 Å². The lowest BCUT2D eigenvalue weighted by Gasteiger charge is -2.34. The second-order valence-corrected chi connectivity index (χ2v) is 9.57. The zero-order chi connectivity index (χ0) is 25.4. The predicted octanol–water partition coefficient (Wildman–Crippen LogP) is 5.36. The van der Waals surface area contributed by atoms with Crippen LogP contribution in [0.4, 0.5) is 8.78 Å². The highest BCUT2D eigenvalue weighted by Gasteiger charge is 2.24. The van der Waals surface area contributed by atoms with E-state index in [-0.39, 0.29) is 23.5 Å². The number of hydrogen-bond donors (Lipinski definition) is 1. The highest BCUT2D eigenvalue weighted by Crippen LogP contribution is 2.34. The third kappa shape index (κ3) is 4.43. The van der Waals surface area contributed by atoms with Crippen molar-refractivity contribution in [3.05, 3.63) is 59.7 Å². The zero-order valence-electron chi connectivity index (χ0n) is 21.0. The molecule has 5 rings (SSSR count). The summed E-state index contributed by atoms with van der Waals surface area (Å²) >= 11 is 0. The Hall–Kier alpha value is -3.46. The van der Waals surface area contributed by atoms with E-state index in [9.17, 15) is 8.78 Å². The minimum absolute atomic E-state index is 0.0179. The van der Waals surface area contributed by atoms with Gasteiger partial charge in [-0.15, -0.1) is 0 Å². The molecule has 0 atom stereocenters. The van der Waals surface area contributed by atoms with Crippen molar-refractivity contribution in [2.75, 3.05) is 27.3 Å².